The molecule has 0 bridgehead atoms. The van der Waals surface area contributed by atoms with Crippen LogP contribution in [0.15, 0.2) is 0 Å². The van der Waals surface area contributed by atoms with E-state index < -0.39 is 0 Å². The summed E-state index contributed by atoms with van der Waals surface area (Å²) in [7, 11) is 3.60. The van der Waals surface area contributed by atoms with Crippen molar-refractivity contribution in [2.75, 3.05) is 13.7 Å². The number of hydrogen-bond donors (Lipinski definition) is 0. The quantitative estimate of drug-likeness (QED) is 0.682. The summed E-state index contributed by atoms with van der Waals surface area (Å²) in [5.41, 5.74) is 3.41. The lowest BCUT2D eigenvalue weighted by Crippen LogP contribution is -2.03. The van der Waals surface area contributed by atoms with Crippen LogP contribution in [0.5, 0.6) is 0 Å². The van der Waals surface area contributed by atoms with Gasteiger partial charge < -0.3 is 4.74 Å². The van der Waals surface area contributed by atoms with Gasteiger partial charge in [0.15, 0.2) is 0 Å². The smallest absolute Gasteiger partial charge is 0.133 e. The third-order valence-corrected chi connectivity index (χ3v) is 3.12. The van der Waals surface area contributed by atoms with Crippen LogP contribution in [-0.2, 0) is 23.0 Å². The van der Waals surface area contributed by atoms with Gasteiger partial charge in [0, 0.05) is 39.3 Å². The third kappa shape index (κ3) is 3.97. The maximum Gasteiger partial charge on any atom is 0.133 e. The number of carbonyl (C=O) groups excluding carboxylic acids is 1. The van der Waals surface area contributed by atoms with E-state index in [1.54, 1.807) is 7.11 Å². The third-order valence-electron chi connectivity index (χ3n) is 3.12. The number of ether oxygens (including phenoxy) is 1. The molecule has 0 fully saturated rings. The fourth-order valence-electron chi connectivity index (χ4n) is 1.98. The van der Waals surface area contributed by atoms with Crippen molar-refractivity contribution in [2.45, 2.75) is 39.5 Å². The average Bonchev–Trinajstić information content (AvgIpc) is 2.51. The van der Waals surface area contributed by atoms with E-state index in [9.17, 15) is 4.79 Å². The van der Waals surface area contributed by atoms with Gasteiger partial charge in [-0.3, -0.25) is 9.48 Å². The number of carbonyl (C=O) groups is 1. The van der Waals surface area contributed by atoms with Crippen LogP contribution in [0.3, 0.4) is 0 Å². The molecule has 0 spiro atoms. The van der Waals surface area contributed by atoms with Crippen LogP contribution < -0.4 is 0 Å². The normalized spacial score (nSPS) is 10.8. The van der Waals surface area contributed by atoms with Crippen molar-refractivity contribution in [3.05, 3.63) is 17.0 Å². The molecule has 4 heteroatoms. The van der Waals surface area contributed by atoms with Gasteiger partial charge in [-0.1, -0.05) is 0 Å². The second-order valence-corrected chi connectivity index (χ2v) is 4.41. The first-order valence-electron chi connectivity index (χ1n) is 6.06. The molecule has 4 nitrogen and oxygen atoms in total. The Morgan fingerprint density at radius 2 is 2.06 bits per heavy atom. The lowest BCUT2D eigenvalue weighted by Gasteiger charge is -2.02. The molecule has 96 valence electrons. The maximum atomic E-state index is 11.6. The molecule has 0 N–H and O–H groups in total. The average molecular weight is 238 g/mol. The fraction of sp³-hybridized carbons (Fsp3) is 0.692. The van der Waals surface area contributed by atoms with Gasteiger partial charge in [0.25, 0.3) is 0 Å². The molecule has 0 aliphatic heterocycles. The summed E-state index contributed by atoms with van der Waals surface area (Å²) in [5, 5.41) is 4.35. The Morgan fingerprint density at radius 1 is 1.35 bits per heavy atom. The Hall–Kier alpha value is -1.16. The van der Waals surface area contributed by atoms with E-state index in [2.05, 4.69) is 5.10 Å². The van der Waals surface area contributed by atoms with Crippen LogP contribution in [0, 0.1) is 13.8 Å². The Kier molecular flexibility index (Phi) is 5.35. The minimum Gasteiger partial charge on any atom is -0.385 e. The van der Waals surface area contributed by atoms with Crippen molar-refractivity contribution in [1.82, 2.24) is 9.78 Å². The van der Waals surface area contributed by atoms with Crippen LogP contribution >= 0.6 is 0 Å². The highest BCUT2D eigenvalue weighted by molar-refractivity contribution is 5.78. The summed E-state index contributed by atoms with van der Waals surface area (Å²) in [6.45, 7) is 4.71. The first-order valence-corrected chi connectivity index (χ1v) is 6.06. The number of rotatable bonds is 7. The molecule has 1 aromatic heterocycles. The second-order valence-electron chi connectivity index (χ2n) is 4.41. The molecule has 1 heterocycles. The van der Waals surface area contributed by atoms with Crippen LogP contribution in [0.4, 0.5) is 0 Å². The van der Waals surface area contributed by atoms with E-state index in [4.69, 9.17) is 4.74 Å². The van der Waals surface area contributed by atoms with Gasteiger partial charge in [0.05, 0.1) is 5.69 Å². The van der Waals surface area contributed by atoms with E-state index in [0.29, 0.717) is 25.2 Å². The SMILES string of the molecule is COCCCC(=O)CCc1c(C)nn(C)c1C. The van der Waals surface area contributed by atoms with Crippen LogP contribution in [-0.4, -0.2) is 29.3 Å². The zero-order valence-corrected chi connectivity index (χ0v) is 11.2. The van der Waals surface area contributed by atoms with Crippen LogP contribution in [0.25, 0.3) is 0 Å². The molecular weight excluding hydrogens is 216 g/mol. The van der Waals surface area contributed by atoms with E-state index in [-0.39, 0.29) is 0 Å². The van der Waals surface area contributed by atoms with Gasteiger partial charge >= 0.3 is 0 Å². The summed E-state index contributed by atoms with van der Waals surface area (Å²) < 4.78 is 6.81. The topological polar surface area (TPSA) is 44.1 Å². The van der Waals surface area contributed by atoms with Crippen molar-refractivity contribution in [3.8, 4) is 0 Å². The highest BCUT2D eigenvalue weighted by Gasteiger charge is 2.11. The molecule has 0 unspecified atom stereocenters. The van der Waals surface area contributed by atoms with Crippen LogP contribution in [0.2, 0.25) is 0 Å². The van der Waals surface area contributed by atoms with Crippen molar-refractivity contribution >= 4 is 5.78 Å². The van der Waals surface area contributed by atoms with Crippen LogP contribution in [0.1, 0.15) is 36.2 Å². The fourth-order valence-corrected chi connectivity index (χ4v) is 1.98. The number of aromatic nitrogens is 2. The summed E-state index contributed by atoms with van der Waals surface area (Å²) in [6, 6.07) is 0. The molecule has 0 aliphatic rings. The zero-order chi connectivity index (χ0) is 12.8. The van der Waals surface area contributed by atoms with Crippen molar-refractivity contribution < 1.29 is 9.53 Å². The van der Waals surface area contributed by atoms with E-state index >= 15 is 0 Å². The van der Waals surface area contributed by atoms with Gasteiger partial charge in [0.1, 0.15) is 5.78 Å². The van der Waals surface area contributed by atoms with Crippen molar-refractivity contribution in [1.29, 1.82) is 0 Å². The minimum absolute atomic E-state index is 0.310. The summed E-state index contributed by atoms with van der Waals surface area (Å²) in [5.74, 6) is 0.310. The van der Waals surface area contributed by atoms with Gasteiger partial charge in [-0.15, -0.1) is 0 Å². The molecule has 0 aromatic carbocycles. The monoisotopic (exact) mass is 238 g/mol. The minimum atomic E-state index is 0.310. The largest absolute Gasteiger partial charge is 0.385 e. The Labute approximate surface area is 103 Å². The Balaban J connectivity index is 2.42. The summed E-state index contributed by atoms with van der Waals surface area (Å²) >= 11 is 0. The number of aryl methyl sites for hydroxylation is 2. The molecule has 0 saturated carbocycles. The predicted molar refractivity (Wildman–Crippen MR) is 67.1 cm³/mol. The number of nitrogens with zero attached hydrogens (tertiary/aromatic N) is 2. The molecule has 0 radical (unpaired) electrons. The number of ketones is 1. The van der Waals surface area contributed by atoms with E-state index in [1.807, 2.05) is 25.6 Å². The molecule has 17 heavy (non-hydrogen) atoms. The maximum absolute atomic E-state index is 11.6. The molecule has 0 atom stereocenters. The Bertz CT molecular complexity index is 383. The number of Topliss-reactive ketones (excluding diaryl/α,β-unsaturated/α-hetero) is 1. The molecule has 0 saturated heterocycles. The Morgan fingerprint density at radius 3 is 2.59 bits per heavy atom. The van der Waals surface area contributed by atoms with E-state index in [0.717, 1.165) is 24.2 Å². The molecule has 0 amide bonds. The van der Waals surface area contributed by atoms with Gasteiger partial charge in [-0.05, 0) is 32.3 Å². The number of hydrogen-bond acceptors (Lipinski definition) is 3. The highest BCUT2D eigenvalue weighted by Crippen LogP contribution is 2.14. The molecule has 0 aliphatic carbocycles. The first-order chi connectivity index (χ1) is 8.06. The highest BCUT2D eigenvalue weighted by atomic mass is 16.5. The van der Waals surface area contributed by atoms with Gasteiger partial charge in [-0.25, -0.2) is 0 Å². The molecule has 1 rings (SSSR count). The standard InChI is InChI=1S/C13H22N2O2/c1-10-13(11(2)15(3)14-10)8-7-12(16)6-5-9-17-4/h5-9H2,1-4H3. The molecular formula is C13H22N2O2. The number of methoxy groups -OCH3 is 1. The van der Waals surface area contributed by atoms with Gasteiger partial charge in [-0.2, -0.15) is 5.10 Å². The summed E-state index contributed by atoms with van der Waals surface area (Å²) in [6.07, 6.45) is 2.85. The second kappa shape index (κ2) is 6.55. The predicted octanol–water partition coefficient (Wildman–Crippen LogP) is 1.97. The van der Waals surface area contributed by atoms with Crippen molar-refractivity contribution in [2.24, 2.45) is 7.05 Å². The van der Waals surface area contributed by atoms with Crippen molar-refractivity contribution in [3.63, 3.8) is 0 Å². The summed E-state index contributed by atoms with van der Waals surface area (Å²) in [4.78, 5) is 11.6. The lowest BCUT2D eigenvalue weighted by atomic mass is 10.0. The first kappa shape index (κ1) is 13.9. The van der Waals surface area contributed by atoms with E-state index in [1.165, 1.54) is 5.56 Å². The zero-order valence-electron chi connectivity index (χ0n) is 11.2. The molecule has 1 aromatic rings. The lowest BCUT2D eigenvalue weighted by molar-refractivity contribution is -0.119. The van der Waals surface area contributed by atoms with Gasteiger partial charge in [0.2, 0.25) is 0 Å².